The first-order chi connectivity index (χ1) is 7.66. The number of carbonyl (C=O) groups is 1. The van der Waals surface area contributed by atoms with E-state index in [0.29, 0.717) is 11.6 Å². The Morgan fingerprint density at radius 2 is 2.00 bits per heavy atom. The average Bonchev–Trinajstić information content (AvgIpc) is 2.62. The SMILES string of the molecule is CC(C)C1=N/C(=C/c2ccncc2)C(=O)O1. The van der Waals surface area contributed by atoms with E-state index >= 15 is 0 Å². The Balaban J connectivity index is 2.29. The molecule has 1 aliphatic heterocycles. The quantitative estimate of drug-likeness (QED) is 0.561. The van der Waals surface area contributed by atoms with Crippen LogP contribution in [0.5, 0.6) is 0 Å². The first-order valence-corrected chi connectivity index (χ1v) is 5.09. The van der Waals surface area contributed by atoms with Crippen molar-refractivity contribution in [2.45, 2.75) is 13.8 Å². The van der Waals surface area contributed by atoms with Crippen molar-refractivity contribution in [1.82, 2.24) is 4.98 Å². The largest absolute Gasteiger partial charge is 0.407 e. The third-order valence-corrected chi connectivity index (χ3v) is 2.14. The van der Waals surface area contributed by atoms with Gasteiger partial charge in [0, 0.05) is 18.3 Å². The fourth-order valence-electron chi connectivity index (χ4n) is 1.29. The van der Waals surface area contributed by atoms with Crippen molar-refractivity contribution in [1.29, 1.82) is 0 Å². The van der Waals surface area contributed by atoms with Gasteiger partial charge in [-0.3, -0.25) is 4.98 Å². The Labute approximate surface area is 93.7 Å². The minimum Gasteiger partial charge on any atom is -0.407 e. The Morgan fingerprint density at radius 3 is 2.56 bits per heavy atom. The van der Waals surface area contributed by atoms with Gasteiger partial charge in [-0.15, -0.1) is 0 Å². The summed E-state index contributed by atoms with van der Waals surface area (Å²) in [6.45, 7) is 3.86. The van der Waals surface area contributed by atoms with E-state index in [1.54, 1.807) is 18.5 Å². The van der Waals surface area contributed by atoms with Crippen LogP contribution in [0.15, 0.2) is 35.2 Å². The summed E-state index contributed by atoms with van der Waals surface area (Å²) in [5, 5.41) is 0. The number of pyridine rings is 1. The van der Waals surface area contributed by atoms with E-state index in [2.05, 4.69) is 9.98 Å². The van der Waals surface area contributed by atoms with Crippen molar-refractivity contribution in [2.24, 2.45) is 10.9 Å². The van der Waals surface area contributed by atoms with E-state index in [1.165, 1.54) is 0 Å². The van der Waals surface area contributed by atoms with Crippen molar-refractivity contribution in [3.8, 4) is 0 Å². The first kappa shape index (κ1) is 10.5. The summed E-state index contributed by atoms with van der Waals surface area (Å²) in [6.07, 6.45) is 5.03. The Morgan fingerprint density at radius 1 is 1.31 bits per heavy atom. The molecule has 0 amide bonds. The minimum absolute atomic E-state index is 0.118. The number of aliphatic imine (C=N–C) groups is 1. The number of hydrogen-bond donors (Lipinski definition) is 0. The molecule has 0 unspecified atom stereocenters. The van der Waals surface area contributed by atoms with Gasteiger partial charge in [0.2, 0.25) is 5.90 Å². The summed E-state index contributed by atoms with van der Waals surface area (Å²) >= 11 is 0. The molecule has 2 heterocycles. The number of cyclic esters (lactones) is 1. The van der Waals surface area contributed by atoms with E-state index in [4.69, 9.17) is 4.74 Å². The molecule has 0 atom stereocenters. The second-order valence-electron chi connectivity index (χ2n) is 3.80. The number of aromatic nitrogens is 1. The van der Waals surface area contributed by atoms with Gasteiger partial charge in [0.25, 0.3) is 0 Å². The highest BCUT2D eigenvalue weighted by Gasteiger charge is 2.24. The molecule has 0 saturated carbocycles. The number of hydrogen-bond acceptors (Lipinski definition) is 4. The zero-order valence-electron chi connectivity index (χ0n) is 9.18. The van der Waals surface area contributed by atoms with Crippen LogP contribution in [-0.2, 0) is 9.53 Å². The van der Waals surface area contributed by atoms with E-state index in [1.807, 2.05) is 26.0 Å². The molecular formula is C12H12N2O2. The van der Waals surface area contributed by atoms with Crippen LogP contribution >= 0.6 is 0 Å². The van der Waals surface area contributed by atoms with Crippen molar-refractivity contribution < 1.29 is 9.53 Å². The zero-order chi connectivity index (χ0) is 11.5. The van der Waals surface area contributed by atoms with Crippen LogP contribution in [0.1, 0.15) is 19.4 Å². The summed E-state index contributed by atoms with van der Waals surface area (Å²) in [5.41, 5.74) is 1.23. The smallest absolute Gasteiger partial charge is 0.363 e. The van der Waals surface area contributed by atoms with Crippen LogP contribution < -0.4 is 0 Å². The predicted molar refractivity (Wildman–Crippen MR) is 60.6 cm³/mol. The van der Waals surface area contributed by atoms with Gasteiger partial charge in [-0.2, -0.15) is 0 Å². The normalized spacial score (nSPS) is 17.8. The van der Waals surface area contributed by atoms with E-state index in [9.17, 15) is 4.79 Å². The minimum atomic E-state index is -0.388. The number of ether oxygens (including phenoxy) is 1. The lowest BCUT2D eigenvalue weighted by molar-refractivity contribution is -0.130. The molecule has 0 aromatic carbocycles. The molecule has 2 rings (SSSR count). The predicted octanol–water partition coefficient (Wildman–Crippen LogP) is 2.03. The number of nitrogens with zero attached hydrogens (tertiary/aromatic N) is 2. The lowest BCUT2D eigenvalue weighted by Crippen LogP contribution is -2.09. The van der Waals surface area contributed by atoms with Crippen LogP contribution in [0.4, 0.5) is 0 Å². The average molecular weight is 216 g/mol. The van der Waals surface area contributed by atoms with Gasteiger partial charge in [0.15, 0.2) is 5.70 Å². The summed E-state index contributed by atoms with van der Waals surface area (Å²) < 4.78 is 5.03. The summed E-state index contributed by atoms with van der Waals surface area (Å²) in [4.78, 5) is 19.5. The van der Waals surface area contributed by atoms with Gasteiger partial charge in [0.1, 0.15) is 0 Å². The lowest BCUT2D eigenvalue weighted by atomic mass is 10.2. The van der Waals surface area contributed by atoms with E-state index in [-0.39, 0.29) is 11.9 Å². The van der Waals surface area contributed by atoms with E-state index in [0.717, 1.165) is 5.56 Å². The van der Waals surface area contributed by atoms with Gasteiger partial charge in [-0.05, 0) is 23.8 Å². The molecule has 1 aliphatic rings. The third-order valence-electron chi connectivity index (χ3n) is 2.14. The highest BCUT2D eigenvalue weighted by molar-refractivity contribution is 6.07. The second kappa shape index (κ2) is 4.26. The molecule has 4 heteroatoms. The third kappa shape index (κ3) is 2.16. The maximum absolute atomic E-state index is 11.5. The summed E-state index contributed by atoms with van der Waals surface area (Å²) in [6, 6.07) is 3.62. The second-order valence-corrected chi connectivity index (χ2v) is 3.80. The van der Waals surface area contributed by atoms with Gasteiger partial charge < -0.3 is 4.74 Å². The Bertz CT molecular complexity index is 461. The van der Waals surface area contributed by atoms with Crippen molar-refractivity contribution >= 4 is 17.9 Å². The van der Waals surface area contributed by atoms with Crippen molar-refractivity contribution in [3.05, 3.63) is 35.8 Å². The van der Waals surface area contributed by atoms with Crippen LogP contribution in [0.2, 0.25) is 0 Å². The van der Waals surface area contributed by atoms with Gasteiger partial charge in [-0.25, -0.2) is 9.79 Å². The van der Waals surface area contributed by atoms with Gasteiger partial charge >= 0.3 is 5.97 Å². The molecule has 0 radical (unpaired) electrons. The Kier molecular flexibility index (Phi) is 2.81. The number of esters is 1. The zero-order valence-corrected chi connectivity index (χ0v) is 9.18. The van der Waals surface area contributed by atoms with E-state index < -0.39 is 0 Å². The van der Waals surface area contributed by atoms with Crippen molar-refractivity contribution in [2.75, 3.05) is 0 Å². The molecule has 4 nitrogen and oxygen atoms in total. The molecule has 0 fully saturated rings. The van der Waals surface area contributed by atoms with Crippen molar-refractivity contribution in [3.63, 3.8) is 0 Å². The van der Waals surface area contributed by atoms with Crippen LogP contribution in [0.3, 0.4) is 0 Å². The lowest BCUT2D eigenvalue weighted by Gasteiger charge is -1.99. The van der Waals surface area contributed by atoms with Gasteiger partial charge in [0.05, 0.1) is 0 Å². The first-order valence-electron chi connectivity index (χ1n) is 5.09. The maximum atomic E-state index is 11.5. The molecule has 82 valence electrons. The Hall–Kier alpha value is -1.97. The molecule has 0 N–H and O–H groups in total. The molecule has 16 heavy (non-hydrogen) atoms. The van der Waals surface area contributed by atoms with Gasteiger partial charge in [-0.1, -0.05) is 13.8 Å². The molecule has 0 bridgehead atoms. The monoisotopic (exact) mass is 216 g/mol. The molecule has 0 spiro atoms. The topological polar surface area (TPSA) is 51.5 Å². The standard InChI is InChI=1S/C12H12N2O2/c1-8(2)11-14-10(12(15)16-11)7-9-3-5-13-6-4-9/h3-8H,1-2H3/b10-7+. The van der Waals surface area contributed by atoms with Crippen LogP contribution in [0, 0.1) is 5.92 Å². The molecule has 0 saturated heterocycles. The highest BCUT2D eigenvalue weighted by Crippen LogP contribution is 2.18. The number of rotatable bonds is 2. The molecule has 0 aliphatic carbocycles. The van der Waals surface area contributed by atoms with Crippen LogP contribution in [-0.4, -0.2) is 16.9 Å². The molecular weight excluding hydrogens is 204 g/mol. The summed E-state index contributed by atoms with van der Waals surface area (Å²) in [5.74, 6) is 0.207. The fourth-order valence-corrected chi connectivity index (χ4v) is 1.29. The number of carbonyl (C=O) groups excluding carboxylic acids is 1. The molecule has 1 aromatic rings. The highest BCUT2D eigenvalue weighted by atomic mass is 16.6. The summed E-state index contributed by atoms with van der Waals surface area (Å²) in [7, 11) is 0. The fraction of sp³-hybridized carbons (Fsp3) is 0.250. The maximum Gasteiger partial charge on any atom is 0.363 e. The molecule has 1 aromatic heterocycles. The van der Waals surface area contributed by atoms with Crippen LogP contribution in [0.25, 0.3) is 6.08 Å².